The van der Waals surface area contributed by atoms with Gasteiger partial charge in [0.1, 0.15) is 11.6 Å². The summed E-state index contributed by atoms with van der Waals surface area (Å²) in [4.78, 5) is 26.4. The normalized spacial score (nSPS) is 10.2. The first kappa shape index (κ1) is 18.0. The Kier molecular flexibility index (Phi) is 5.93. The number of aromatic amines is 1. The van der Waals surface area contributed by atoms with Gasteiger partial charge in [0.15, 0.2) is 0 Å². The summed E-state index contributed by atoms with van der Waals surface area (Å²) in [6, 6.07) is 9.67. The molecule has 0 aliphatic rings. The van der Waals surface area contributed by atoms with Gasteiger partial charge in [-0.15, -0.1) is 0 Å². The van der Waals surface area contributed by atoms with Gasteiger partial charge in [-0.2, -0.15) is 5.26 Å². The van der Waals surface area contributed by atoms with Gasteiger partial charge in [-0.05, 0) is 49.1 Å². The van der Waals surface area contributed by atoms with Crippen molar-refractivity contribution >= 4 is 21.8 Å². The standard InChI is InChI=1S/C18H18BrN3O2/c1-11-15(12(2)22-18(24)16(11)9-20)6-7-17(23)21-10-13-4-3-5-14(19)8-13/h3-5,8H,6-7,10H2,1-2H3,(H,21,23)(H,22,24). The molecular weight excluding hydrogens is 370 g/mol. The van der Waals surface area contributed by atoms with Crippen LogP contribution in [0.4, 0.5) is 0 Å². The molecule has 0 aliphatic carbocycles. The number of hydrogen-bond donors (Lipinski definition) is 2. The zero-order chi connectivity index (χ0) is 17.7. The third kappa shape index (κ3) is 4.33. The molecule has 0 saturated heterocycles. The summed E-state index contributed by atoms with van der Waals surface area (Å²) in [6.07, 6.45) is 0.778. The van der Waals surface area contributed by atoms with Crippen LogP contribution >= 0.6 is 15.9 Å². The molecule has 2 rings (SSSR count). The Morgan fingerprint density at radius 2 is 2.12 bits per heavy atom. The number of halogens is 1. The van der Waals surface area contributed by atoms with Crippen molar-refractivity contribution in [3.63, 3.8) is 0 Å². The monoisotopic (exact) mass is 387 g/mol. The second-order valence-corrected chi connectivity index (χ2v) is 6.49. The molecule has 24 heavy (non-hydrogen) atoms. The topological polar surface area (TPSA) is 85.8 Å². The number of nitrogens with zero attached hydrogens (tertiary/aromatic N) is 1. The van der Waals surface area contributed by atoms with E-state index in [1.165, 1.54) is 0 Å². The first-order valence-electron chi connectivity index (χ1n) is 7.56. The third-order valence-corrected chi connectivity index (χ3v) is 4.39. The largest absolute Gasteiger partial charge is 0.352 e. The van der Waals surface area contributed by atoms with Crippen molar-refractivity contribution < 1.29 is 4.79 Å². The summed E-state index contributed by atoms with van der Waals surface area (Å²) in [5, 5.41) is 12.0. The van der Waals surface area contributed by atoms with Gasteiger partial charge in [-0.3, -0.25) is 9.59 Å². The van der Waals surface area contributed by atoms with Gasteiger partial charge in [0.05, 0.1) is 0 Å². The second-order valence-electron chi connectivity index (χ2n) is 5.58. The minimum Gasteiger partial charge on any atom is -0.352 e. The van der Waals surface area contributed by atoms with Crippen LogP contribution < -0.4 is 10.9 Å². The molecule has 1 aromatic heterocycles. The fraction of sp³-hybridized carbons (Fsp3) is 0.278. The van der Waals surface area contributed by atoms with Gasteiger partial charge in [0, 0.05) is 23.1 Å². The highest BCUT2D eigenvalue weighted by Gasteiger charge is 2.13. The predicted octanol–water partition coefficient (Wildman–Crippen LogP) is 2.87. The van der Waals surface area contributed by atoms with Crippen LogP contribution in [0.15, 0.2) is 33.5 Å². The fourth-order valence-electron chi connectivity index (χ4n) is 2.59. The van der Waals surface area contributed by atoms with E-state index in [4.69, 9.17) is 5.26 Å². The van der Waals surface area contributed by atoms with Gasteiger partial charge in [-0.25, -0.2) is 0 Å². The van der Waals surface area contributed by atoms with E-state index in [-0.39, 0.29) is 17.0 Å². The van der Waals surface area contributed by atoms with Crippen LogP contribution in [-0.2, 0) is 17.8 Å². The van der Waals surface area contributed by atoms with Crippen molar-refractivity contribution in [2.24, 2.45) is 0 Å². The Bertz CT molecular complexity index is 866. The Labute approximate surface area is 148 Å². The van der Waals surface area contributed by atoms with Gasteiger partial charge >= 0.3 is 0 Å². The van der Waals surface area contributed by atoms with E-state index in [1.54, 1.807) is 13.8 Å². The summed E-state index contributed by atoms with van der Waals surface area (Å²) >= 11 is 3.40. The number of pyridine rings is 1. The third-order valence-electron chi connectivity index (χ3n) is 3.90. The van der Waals surface area contributed by atoms with Crippen LogP contribution in [0.1, 0.15) is 34.4 Å². The van der Waals surface area contributed by atoms with Crippen LogP contribution in [-0.4, -0.2) is 10.9 Å². The molecule has 2 N–H and O–H groups in total. The molecule has 5 nitrogen and oxygen atoms in total. The number of carbonyl (C=O) groups is 1. The lowest BCUT2D eigenvalue weighted by atomic mass is 9.99. The van der Waals surface area contributed by atoms with Crippen LogP contribution in [0.5, 0.6) is 0 Å². The number of H-pyrrole nitrogens is 1. The number of benzene rings is 1. The van der Waals surface area contributed by atoms with Crippen molar-refractivity contribution in [1.82, 2.24) is 10.3 Å². The zero-order valence-electron chi connectivity index (χ0n) is 13.6. The SMILES string of the molecule is Cc1[nH]c(=O)c(C#N)c(C)c1CCC(=O)NCc1cccc(Br)c1. The summed E-state index contributed by atoms with van der Waals surface area (Å²) in [5.41, 5.74) is 2.96. The molecule has 0 spiro atoms. The number of amides is 1. The molecule has 124 valence electrons. The first-order chi connectivity index (χ1) is 11.4. The number of rotatable bonds is 5. The molecule has 2 aromatic rings. The van der Waals surface area contributed by atoms with E-state index in [0.29, 0.717) is 30.6 Å². The summed E-state index contributed by atoms with van der Waals surface area (Å²) < 4.78 is 0.970. The molecule has 0 fully saturated rings. The average Bonchev–Trinajstić information content (AvgIpc) is 2.53. The molecule has 1 amide bonds. The number of hydrogen-bond acceptors (Lipinski definition) is 3. The van der Waals surface area contributed by atoms with Crippen LogP contribution in [0, 0.1) is 25.2 Å². The van der Waals surface area contributed by atoms with E-state index in [9.17, 15) is 9.59 Å². The van der Waals surface area contributed by atoms with Gasteiger partial charge in [-0.1, -0.05) is 28.1 Å². The van der Waals surface area contributed by atoms with Gasteiger partial charge in [0.2, 0.25) is 5.91 Å². The summed E-state index contributed by atoms with van der Waals surface area (Å²) in [5.74, 6) is -0.0708. The Balaban J connectivity index is 2.00. The highest BCUT2D eigenvalue weighted by atomic mass is 79.9. The van der Waals surface area contributed by atoms with Gasteiger partial charge in [0.25, 0.3) is 5.56 Å². The molecule has 0 saturated carbocycles. The molecule has 0 bridgehead atoms. The van der Waals surface area contributed by atoms with E-state index in [2.05, 4.69) is 26.2 Å². The van der Waals surface area contributed by atoms with Crippen molar-refractivity contribution in [3.8, 4) is 6.07 Å². The first-order valence-corrected chi connectivity index (χ1v) is 8.35. The van der Waals surface area contributed by atoms with Crippen LogP contribution in [0.25, 0.3) is 0 Å². The number of carbonyl (C=O) groups excluding carboxylic acids is 1. The van der Waals surface area contributed by atoms with Crippen molar-refractivity contribution in [3.05, 3.63) is 67.0 Å². The van der Waals surface area contributed by atoms with Crippen LogP contribution in [0.2, 0.25) is 0 Å². The number of aryl methyl sites for hydroxylation is 1. The minimum absolute atomic E-state index is 0.0708. The van der Waals surface area contributed by atoms with E-state index in [1.807, 2.05) is 30.3 Å². The summed E-state index contributed by atoms with van der Waals surface area (Å²) in [6.45, 7) is 3.99. The maximum Gasteiger partial charge on any atom is 0.266 e. The maximum atomic E-state index is 12.1. The molecule has 0 aliphatic heterocycles. The Morgan fingerprint density at radius 3 is 2.79 bits per heavy atom. The lowest BCUT2D eigenvalue weighted by Gasteiger charge is -2.11. The maximum absolute atomic E-state index is 12.1. The lowest BCUT2D eigenvalue weighted by Crippen LogP contribution is -2.24. The quantitative estimate of drug-likeness (QED) is 0.826. The molecule has 0 atom stereocenters. The van der Waals surface area contributed by atoms with Crippen LogP contribution in [0.3, 0.4) is 0 Å². The Hall–Kier alpha value is -2.39. The van der Waals surface area contributed by atoms with Crippen molar-refractivity contribution in [1.29, 1.82) is 5.26 Å². The average molecular weight is 388 g/mol. The fourth-order valence-corrected chi connectivity index (χ4v) is 3.04. The van der Waals surface area contributed by atoms with Crippen molar-refractivity contribution in [2.75, 3.05) is 0 Å². The zero-order valence-corrected chi connectivity index (χ0v) is 15.2. The van der Waals surface area contributed by atoms with E-state index < -0.39 is 0 Å². The number of nitriles is 1. The predicted molar refractivity (Wildman–Crippen MR) is 95.6 cm³/mol. The molecule has 0 radical (unpaired) electrons. The molecule has 1 heterocycles. The van der Waals surface area contributed by atoms with E-state index >= 15 is 0 Å². The Morgan fingerprint density at radius 1 is 1.38 bits per heavy atom. The smallest absolute Gasteiger partial charge is 0.266 e. The van der Waals surface area contributed by atoms with Gasteiger partial charge < -0.3 is 10.3 Å². The molecular formula is C18H18BrN3O2. The highest BCUT2D eigenvalue weighted by Crippen LogP contribution is 2.15. The highest BCUT2D eigenvalue weighted by molar-refractivity contribution is 9.10. The number of aromatic nitrogens is 1. The number of nitrogens with one attached hydrogen (secondary N) is 2. The van der Waals surface area contributed by atoms with E-state index in [0.717, 1.165) is 15.6 Å². The second kappa shape index (κ2) is 7.93. The lowest BCUT2D eigenvalue weighted by molar-refractivity contribution is -0.121. The molecule has 6 heteroatoms. The summed E-state index contributed by atoms with van der Waals surface area (Å²) in [7, 11) is 0. The molecule has 1 aromatic carbocycles. The molecule has 0 unspecified atom stereocenters. The van der Waals surface area contributed by atoms with Crippen molar-refractivity contribution in [2.45, 2.75) is 33.2 Å². The minimum atomic E-state index is -0.379.